The number of aromatic nitrogens is 1. The van der Waals surface area contributed by atoms with Crippen molar-refractivity contribution in [1.82, 2.24) is 4.98 Å². The van der Waals surface area contributed by atoms with Crippen molar-refractivity contribution in [3.8, 4) is 0 Å². The van der Waals surface area contributed by atoms with Gasteiger partial charge in [-0.05, 0) is 13.0 Å². The fourth-order valence-electron chi connectivity index (χ4n) is 0.929. The molecule has 0 unspecified atom stereocenters. The molecular formula is C12H17Cl2NS. The summed E-state index contributed by atoms with van der Waals surface area (Å²) in [7, 11) is 0. The van der Waals surface area contributed by atoms with Crippen LogP contribution in [0.1, 0.15) is 23.7 Å². The van der Waals surface area contributed by atoms with Crippen molar-refractivity contribution < 1.29 is 0 Å². The van der Waals surface area contributed by atoms with Gasteiger partial charge in [-0.25, -0.2) is 4.98 Å². The van der Waals surface area contributed by atoms with Gasteiger partial charge in [0, 0.05) is 28.4 Å². The lowest BCUT2D eigenvalue weighted by atomic mass is 10.3. The third kappa shape index (κ3) is 7.04. The predicted octanol–water partition coefficient (Wildman–Crippen LogP) is 4.94. The van der Waals surface area contributed by atoms with E-state index in [0.717, 1.165) is 11.4 Å². The summed E-state index contributed by atoms with van der Waals surface area (Å²) in [6, 6.07) is 0. The highest BCUT2D eigenvalue weighted by atomic mass is 35.5. The van der Waals surface area contributed by atoms with E-state index in [4.69, 9.17) is 23.2 Å². The van der Waals surface area contributed by atoms with Crippen molar-refractivity contribution >= 4 is 34.5 Å². The molecule has 1 nitrogen and oxygen atoms in total. The van der Waals surface area contributed by atoms with Crippen molar-refractivity contribution in [2.45, 2.75) is 27.2 Å². The Kier molecular flexibility index (Phi) is 9.69. The predicted molar refractivity (Wildman–Crippen MR) is 75.7 cm³/mol. The lowest BCUT2D eigenvalue weighted by molar-refractivity contribution is 1.25. The van der Waals surface area contributed by atoms with Gasteiger partial charge in [0.2, 0.25) is 0 Å². The van der Waals surface area contributed by atoms with Crippen LogP contribution < -0.4 is 0 Å². The van der Waals surface area contributed by atoms with Crippen molar-refractivity contribution in [3.05, 3.63) is 39.3 Å². The summed E-state index contributed by atoms with van der Waals surface area (Å²) in [5.41, 5.74) is 0. The van der Waals surface area contributed by atoms with Crippen molar-refractivity contribution in [2.24, 2.45) is 0 Å². The number of thiazole rings is 1. The Morgan fingerprint density at radius 3 is 2.69 bits per heavy atom. The Morgan fingerprint density at radius 2 is 2.19 bits per heavy atom. The third-order valence-electron chi connectivity index (χ3n) is 1.54. The Hall–Kier alpha value is -0.310. The zero-order chi connectivity index (χ0) is 12.4. The Morgan fingerprint density at radius 1 is 1.50 bits per heavy atom. The van der Waals surface area contributed by atoms with Crippen molar-refractivity contribution in [2.75, 3.05) is 5.88 Å². The van der Waals surface area contributed by atoms with Crippen LogP contribution in [0.3, 0.4) is 0 Å². The summed E-state index contributed by atoms with van der Waals surface area (Å²) < 4.78 is 0. The number of alkyl halides is 1. The quantitative estimate of drug-likeness (QED) is 0.561. The summed E-state index contributed by atoms with van der Waals surface area (Å²) in [6.07, 6.45) is 8.40. The molecule has 0 atom stereocenters. The van der Waals surface area contributed by atoms with Crippen LogP contribution in [-0.2, 0) is 6.42 Å². The van der Waals surface area contributed by atoms with Crippen LogP contribution in [0.15, 0.2) is 29.5 Å². The molecule has 0 aliphatic rings. The topological polar surface area (TPSA) is 12.9 Å². The number of halogens is 2. The summed E-state index contributed by atoms with van der Waals surface area (Å²) in [5.74, 6) is 0.447. The van der Waals surface area contributed by atoms with Crippen LogP contribution in [0.2, 0.25) is 0 Å². The van der Waals surface area contributed by atoms with Gasteiger partial charge < -0.3 is 0 Å². The minimum atomic E-state index is 0.447. The van der Waals surface area contributed by atoms with Gasteiger partial charge in [0.15, 0.2) is 0 Å². The molecule has 0 aromatic carbocycles. The van der Waals surface area contributed by atoms with E-state index in [1.807, 2.05) is 39.1 Å². The zero-order valence-corrected chi connectivity index (χ0v) is 12.2. The Balaban J connectivity index is 0.00000106. The van der Waals surface area contributed by atoms with E-state index in [0.29, 0.717) is 10.9 Å². The molecule has 90 valence electrons. The molecule has 0 bridgehead atoms. The highest BCUT2D eigenvalue weighted by Gasteiger charge is 1.94. The standard InChI is InChI=1S/C10H11Cl2NS.C2H6/c1-8-13-7-10(14-8)4-2-3-9(12)5-6-11;1-2/h2-3,5,7H,4,6H2,1H3;1-2H3/b3-2-,9-5+;. The number of allylic oxidation sites excluding steroid dienone is 4. The molecule has 0 fully saturated rings. The number of rotatable bonds is 4. The van der Waals surface area contributed by atoms with E-state index < -0.39 is 0 Å². The van der Waals surface area contributed by atoms with Crippen molar-refractivity contribution in [1.29, 1.82) is 0 Å². The fraction of sp³-hybridized carbons (Fsp3) is 0.417. The molecular weight excluding hydrogens is 261 g/mol. The van der Waals surface area contributed by atoms with Gasteiger partial charge in [-0.1, -0.05) is 37.6 Å². The molecule has 0 spiro atoms. The molecule has 0 N–H and O–H groups in total. The number of hydrogen-bond donors (Lipinski definition) is 0. The molecule has 1 aromatic heterocycles. The molecule has 0 radical (unpaired) electrons. The first-order valence-corrected chi connectivity index (χ1v) is 6.94. The van der Waals surface area contributed by atoms with Crippen LogP contribution in [0.5, 0.6) is 0 Å². The second kappa shape index (κ2) is 9.88. The maximum absolute atomic E-state index is 5.83. The van der Waals surface area contributed by atoms with Gasteiger partial charge in [-0.3, -0.25) is 0 Å². The number of nitrogens with zero attached hydrogens (tertiary/aromatic N) is 1. The van der Waals surface area contributed by atoms with E-state index in [-0.39, 0.29) is 0 Å². The van der Waals surface area contributed by atoms with E-state index >= 15 is 0 Å². The number of aryl methyl sites for hydroxylation is 1. The van der Waals surface area contributed by atoms with Gasteiger partial charge in [0.1, 0.15) is 0 Å². The number of hydrogen-bond acceptors (Lipinski definition) is 2. The summed E-state index contributed by atoms with van der Waals surface area (Å²) in [5, 5.41) is 1.78. The summed E-state index contributed by atoms with van der Waals surface area (Å²) in [4.78, 5) is 5.41. The van der Waals surface area contributed by atoms with Gasteiger partial charge in [-0.2, -0.15) is 0 Å². The largest absolute Gasteiger partial charge is 0.250 e. The summed E-state index contributed by atoms with van der Waals surface area (Å²) >= 11 is 13.0. The first-order chi connectivity index (χ1) is 7.72. The minimum Gasteiger partial charge on any atom is -0.250 e. The van der Waals surface area contributed by atoms with Gasteiger partial charge in [0.25, 0.3) is 0 Å². The molecule has 0 aliphatic heterocycles. The average Bonchev–Trinajstić information content (AvgIpc) is 2.68. The lowest BCUT2D eigenvalue weighted by Crippen LogP contribution is -1.73. The molecule has 16 heavy (non-hydrogen) atoms. The van der Waals surface area contributed by atoms with Crippen LogP contribution in [0, 0.1) is 6.92 Å². The second-order valence-electron chi connectivity index (χ2n) is 2.70. The molecule has 0 saturated carbocycles. The first-order valence-electron chi connectivity index (χ1n) is 5.22. The van der Waals surface area contributed by atoms with Gasteiger partial charge in [-0.15, -0.1) is 22.9 Å². The lowest BCUT2D eigenvalue weighted by Gasteiger charge is -1.88. The highest BCUT2D eigenvalue weighted by Crippen LogP contribution is 2.13. The maximum atomic E-state index is 5.83. The molecule has 0 aliphatic carbocycles. The van der Waals surface area contributed by atoms with Crippen molar-refractivity contribution in [3.63, 3.8) is 0 Å². The first kappa shape index (κ1) is 15.7. The Labute approximate surface area is 112 Å². The molecule has 4 heteroatoms. The SMILES string of the molecule is CC.Cc1ncc(C/C=C\C(Cl)=C/CCl)s1. The fourth-order valence-corrected chi connectivity index (χ4v) is 2.11. The molecule has 0 amide bonds. The minimum absolute atomic E-state index is 0.447. The maximum Gasteiger partial charge on any atom is 0.0896 e. The molecule has 1 heterocycles. The van der Waals surface area contributed by atoms with Crippen LogP contribution in [0.25, 0.3) is 0 Å². The van der Waals surface area contributed by atoms with E-state index in [2.05, 4.69) is 4.98 Å². The summed E-state index contributed by atoms with van der Waals surface area (Å²) in [6.45, 7) is 6.00. The molecule has 1 rings (SSSR count). The van der Waals surface area contributed by atoms with Crippen LogP contribution in [0.4, 0.5) is 0 Å². The monoisotopic (exact) mass is 277 g/mol. The van der Waals surface area contributed by atoms with Gasteiger partial charge >= 0.3 is 0 Å². The van der Waals surface area contributed by atoms with Crippen LogP contribution >= 0.6 is 34.5 Å². The van der Waals surface area contributed by atoms with Gasteiger partial charge in [0.05, 0.1) is 5.01 Å². The Bertz CT molecular complexity index is 343. The van der Waals surface area contributed by atoms with E-state index in [1.165, 1.54) is 4.88 Å². The average molecular weight is 278 g/mol. The van der Waals surface area contributed by atoms with E-state index in [1.54, 1.807) is 17.4 Å². The third-order valence-corrected chi connectivity index (χ3v) is 2.91. The van der Waals surface area contributed by atoms with E-state index in [9.17, 15) is 0 Å². The van der Waals surface area contributed by atoms with Crippen LogP contribution in [-0.4, -0.2) is 10.9 Å². The molecule has 0 saturated heterocycles. The smallest absolute Gasteiger partial charge is 0.0896 e. The second-order valence-corrected chi connectivity index (χ2v) is 4.76. The molecule has 1 aromatic rings. The highest BCUT2D eigenvalue weighted by molar-refractivity contribution is 7.11. The zero-order valence-electron chi connectivity index (χ0n) is 9.84. The normalized spacial score (nSPS) is 11.4.